The Balaban J connectivity index is 2.34. The van der Waals surface area contributed by atoms with Gasteiger partial charge in [0, 0.05) is 11.3 Å². The van der Waals surface area contributed by atoms with Gasteiger partial charge < -0.3 is 10.2 Å². The summed E-state index contributed by atoms with van der Waals surface area (Å²) in [6.45, 7) is 0. The lowest BCUT2D eigenvalue weighted by atomic mass is 10.3. The Bertz CT molecular complexity index is 287. The Hall–Kier alpha value is -1.00. The van der Waals surface area contributed by atoms with Crippen LogP contribution in [0.5, 0.6) is 0 Å². The molecule has 0 radical (unpaired) electrons. The summed E-state index contributed by atoms with van der Waals surface area (Å²) in [5.74, 6) is -0.877. The molecule has 1 aromatic carbocycles. The predicted molar refractivity (Wildman–Crippen MR) is 55.2 cm³/mol. The van der Waals surface area contributed by atoms with Crippen LogP contribution in [0.15, 0.2) is 35.2 Å². The summed E-state index contributed by atoms with van der Waals surface area (Å²) >= 11 is 1.28. The maximum absolute atomic E-state index is 10.2. The molecule has 14 heavy (non-hydrogen) atoms. The molecule has 0 saturated carbocycles. The van der Waals surface area contributed by atoms with Crippen molar-refractivity contribution in [1.82, 2.24) is 0 Å². The van der Waals surface area contributed by atoms with Crippen LogP contribution in [0, 0.1) is 0 Å². The van der Waals surface area contributed by atoms with Crippen molar-refractivity contribution >= 4 is 17.7 Å². The minimum absolute atomic E-state index is 0.000992. The number of thioether (sulfide) groups is 1. The van der Waals surface area contributed by atoms with E-state index < -0.39 is 11.4 Å². The van der Waals surface area contributed by atoms with Gasteiger partial charge in [-0.1, -0.05) is 30.0 Å². The number of rotatable bonds is 5. The van der Waals surface area contributed by atoms with Crippen LogP contribution in [0.25, 0.3) is 0 Å². The van der Waals surface area contributed by atoms with Crippen LogP contribution in [0.4, 0.5) is 0 Å². The van der Waals surface area contributed by atoms with E-state index in [2.05, 4.69) is 0 Å². The highest BCUT2D eigenvalue weighted by molar-refractivity contribution is 7.99. The molecule has 0 spiro atoms. The number of aliphatic hydroxyl groups excluding tert-OH is 1. The molecule has 0 saturated heterocycles. The van der Waals surface area contributed by atoms with E-state index in [1.165, 1.54) is 11.8 Å². The first kappa shape index (κ1) is 11.1. The van der Waals surface area contributed by atoms with E-state index >= 15 is 0 Å². The normalized spacial score (nSPS) is 12.4. The summed E-state index contributed by atoms with van der Waals surface area (Å²) in [5, 5.41) is 17.9. The van der Waals surface area contributed by atoms with Crippen molar-refractivity contribution in [1.29, 1.82) is 0 Å². The van der Waals surface area contributed by atoms with Gasteiger partial charge in [-0.25, -0.2) is 0 Å². The second kappa shape index (κ2) is 5.67. The van der Waals surface area contributed by atoms with E-state index in [0.29, 0.717) is 0 Å². The lowest BCUT2D eigenvalue weighted by Crippen LogP contribution is -2.04. The molecule has 76 valence electrons. The third-order valence-electron chi connectivity index (χ3n) is 1.62. The number of carboxylic acid groups (broad SMARTS) is 1. The van der Waals surface area contributed by atoms with Crippen molar-refractivity contribution in [3.8, 4) is 0 Å². The molecule has 0 heterocycles. The molecule has 0 amide bonds. The van der Waals surface area contributed by atoms with E-state index in [4.69, 9.17) is 5.11 Å². The van der Waals surface area contributed by atoms with E-state index in [1.54, 1.807) is 0 Å². The largest absolute Gasteiger partial charge is 0.481 e. The topological polar surface area (TPSA) is 57.5 Å². The van der Waals surface area contributed by atoms with Crippen LogP contribution in [0.3, 0.4) is 0 Å². The predicted octanol–water partition coefficient (Wildman–Crippen LogP) is 1.96. The van der Waals surface area contributed by atoms with Gasteiger partial charge in [-0.15, -0.1) is 0 Å². The highest BCUT2D eigenvalue weighted by Gasteiger charge is 2.08. The smallest absolute Gasteiger partial charge is 0.303 e. The quantitative estimate of drug-likeness (QED) is 0.578. The zero-order valence-corrected chi connectivity index (χ0v) is 8.41. The molecule has 0 fully saturated rings. The Morgan fingerprint density at radius 3 is 2.57 bits per heavy atom. The maximum Gasteiger partial charge on any atom is 0.303 e. The molecule has 3 nitrogen and oxygen atoms in total. The Morgan fingerprint density at radius 1 is 1.36 bits per heavy atom. The van der Waals surface area contributed by atoms with Gasteiger partial charge in [-0.05, 0) is 18.6 Å². The number of carbonyl (C=O) groups is 1. The highest BCUT2D eigenvalue weighted by atomic mass is 32.2. The number of hydrogen-bond acceptors (Lipinski definition) is 3. The van der Waals surface area contributed by atoms with Gasteiger partial charge in [0.15, 0.2) is 0 Å². The summed E-state index contributed by atoms with van der Waals surface area (Å²) in [5.41, 5.74) is -0.645. The van der Waals surface area contributed by atoms with E-state index in [0.717, 1.165) is 4.90 Å². The summed E-state index contributed by atoms with van der Waals surface area (Å²) in [6.07, 6.45) is 0.274. The van der Waals surface area contributed by atoms with E-state index in [9.17, 15) is 9.90 Å². The van der Waals surface area contributed by atoms with Crippen LogP contribution in [0.2, 0.25) is 0 Å². The molecule has 2 N–H and O–H groups in total. The Morgan fingerprint density at radius 2 is 2.00 bits per heavy atom. The fraction of sp³-hybridized carbons (Fsp3) is 0.300. The van der Waals surface area contributed by atoms with Crippen molar-refractivity contribution < 1.29 is 15.0 Å². The zero-order valence-electron chi connectivity index (χ0n) is 7.59. The second-order valence-electron chi connectivity index (χ2n) is 2.82. The minimum atomic E-state index is -0.877. The maximum atomic E-state index is 10.2. The average molecular weight is 212 g/mol. The van der Waals surface area contributed by atoms with Crippen molar-refractivity contribution in [2.24, 2.45) is 0 Å². The number of carboxylic acids is 1. The second-order valence-corrected chi connectivity index (χ2v) is 4.07. The SMILES string of the molecule is O=C(O)CCC(O)Sc1ccccc1. The van der Waals surface area contributed by atoms with Crippen LogP contribution < -0.4 is 0 Å². The number of aliphatic hydroxyl groups is 1. The average Bonchev–Trinajstić information content (AvgIpc) is 2.16. The van der Waals surface area contributed by atoms with Gasteiger partial charge >= 0.3 is 5.97 Å². The van der Waals surface area contributed by atoms with Crippen LogP contribution in [-0.2, 0) is 4.79 Å². The van der Waals surface area contributed by atoms with Crippen molar-refractivity contribution in [3.05, 3.63) is 30.3 Å². The molecular formula is C10H12O3S. The monoisotopic (exact) mass is 212 g/mol. The Kier molecular flexibility index (Phi) is 4.49. The first-order valence-electron chi connectivity index (χ1n) is 4.30. The standard InChI is InChI=1S/C10H12O3S/c11-9(12)6-7-10(13)14-8-4-2-1-3-5-8/h1-5,10,13H,6-7H2,(H,11,12). The van der Waals surface area contributed by atoms with Gasteiger partial charge in [-0.2, -0.15) is 0 Å². The Labute approximate surface area is 86.8 Å². The molecular weight excluding hydrogens is 200 g/mol. The molecule has 1 atom stereocenters. The third-order valence-corrected chi connectivity index (χ3v) is 2.67. The van der Waals surface area contributed by atoms with Crippen LogP contribution in [-0.4, -0.2) is 21.6 Å². The van der Waals surface area contributed by atoms with E-state index in [-0.39, 0.29) is 12.8 Å². The molecule has 0 bridgehead atoms. The summed E-state index contributed by atoms with van der Waals surface area (Å²) in [4.78, 5) is 11.2. The number of hydrogen-bond donors (Lipinski definition) is 2. The fourth-order valence-corrected chi connectivity index (χ4v) is 1.83. The summed E-state index contributed by atoms with van der Waals surface area (Å²) in [6, 6.07) is 9.43. The molecule has 0 aliphatic heterocycles. The molecule has 0 aromatic heterocycles. The van der Waals surface area contributed by atoms with Crippen molar-refractivity contribution in [2.45, 2.75) is 23.2 Å². The molecule has 1 unspecified atom stereocenters. The van der Waals surface area contributed by atoms with Gasteiger partial charge in [0.2, 0.25) is 0 Å². The molecule has 0 aliphatic carbocycles. The van der Waals surface area contributed by atoms with Crippen LogP contribution in [0.1, 0.15) is 12.8 Å². The number of aliphatic carboxylic acids is 1. The molecule has 1 rings (SSSR count). The summed E-state index contributed by atoms with van der Waals surface area (Å²) < 4.78 is 0. The molecule has 4 heteroatoms. The van der Waals surface area contributed by atoms with E-state index in [1.807, 2.05) is 30.3 Å². The molecule has 1 aromatic rings. The lowest BCUT2D eigenvalue weighted by Gasteiger charge is -2.07. The zero-order chi connectivity index (χ0) is 10.4. The van der Waals surface area contributed by atoms with Gasteiger partial charge in [0.05, 0.1) is 0 Å². The van der Waals surface area contributed by atoms with Crippen molar-refractivity contribution in [2.75, 3.05) is 0 Å². The van der Waals surface area contributed by atoms with Gasteiger partial charge in [-0.3, -0.25) is 4.79 Å². The number of benzene rings is 1. The van der Waals surface area contributed by atoms with Crippen molar-refractivity contribution in [3.63, 3.8) is 0 Å². The molecule has 0 aliphatic rings. The fourth-order valence-electron chi connectivity index (χ4n) is 0.962. The first-order chi connectivity index (χ1) is 6.68. The first-order valence-corrected chi connectivity index (χ1v) is 5.18. The van der Waals surface area contributed by atoms with Crippen LogP contribution >= 0.6 is 11.8 Å². The lowest BCUT2D eigenvalue weighted by molar-refractivity contribution is -0.137. The third kappa shape index (κ3) is 4.30. The van der Waals surface area contributed by atoms with Gasteiger partial charge in [0.25, 0.3) is 0 Å². The van der Waals surface area contributed by atoms with Gasteiger partial charge in [0.1, 0.15) is 5.44 Å². The summed E-state index contributed by atoms with van der Waals surface area (Å²) in [7, 11) is 0. The minimum Gasteiger partial charge on any atom is -0.481 e. The highest BCUT2D eigenvalue weighted by Crippen LogP contribution is 2.23.